The summed E-state index contributed by atoms with van der Waals surface area (Å²) < 4.78 is 44.8. The van der Waals surface area contributed by atoms with Crippen molar-refractivity contribution in [2.75, 3.05) is 12.3 Å². The summed E-state index contributed by atoms with van der Waals surface area (Å²) in [6.45, 7) is -0.911. The molecule has 0 aliphatic carbocycles. The quantitative estimate of drug-likeness (QED) is 0.553. The number of aromatic nitrogens is 2. The van der Waals surface area contributed by atoms with E-state index in [0.29, 0.717) is 0 Å². The summed E-state index contributed by atoms with van der Waals surface area (Å²) in [6.07, 6.45) is -10.3. The van der Waals surface area contributed by atoms with Gasteiger partial charge >= 0.3 is 6.18 Å². The van der Waals surface area contributed by atoms with Crippen molar-refractivity contribution in [2.45, 2.75) is 30.2 Å². The highest BCUT2D eigenvalue weighted by Crippen LogP contribution is 2.48. The van der Waals surface area contributed by atoms with E-state index in [1.807, 2.05) is 0 Å². The summed E-state index contributed by atoms with van der Waals surface area (Å²) in [6, 6.07) is 1.16. The minimum atomic E-state index is -5.23. The molecule has 1 aliphatic rings. The molecule has 21 heavy (non-hydrogen) atoms. The molecule has 1 aromatic heterocycles. The van der Waals surface area contributed by atoms with E-state index in [1.165, 1.54) is 0 Å². The van der Waals surface area contributed by atoms with Crippen LogP contribution in [0.1, 0.15) is 6.23 Å². The molecule has 1 aromatic rings. The fourth-order valence-electron chi connectivity index (χ4n) is 2.11. The van der Waals surface area contributed by atoms with Gasteiger partial charge in [-0.2, -0.15) is 13.2 Å². The number of halogens is 3. The molecule has 1 fully saturated rings. The molecule has 2 rings (SSSR count). The molecule has 0 radical (unpaired) electrons. The van der Waals surface area contributed by atoms with Crippen LogP contribution >= 0.6 is 12.2 Å². The van der Waals surface area contributed by atoms with Crippen molar-refractivity contribution < 1.29 is 33.2 Å². The lowest BCUT2D eigenvalue weighted by atomic mass is 9.93. The summed E-state index contributed by atoms with van der Waals surface area (Å²) in [4.78, 5) is 3.59. The second-order valence-electron chi connectivity index (χ2n) is 4.52. The van der Waals surface area contributed by atoms with Gasteiger partial charge in [0, 0.05) is 6.20 Å². The van der Waals surface area contributed by atoms with Crippen LogP contribution in [0.15, 0.2) is 12.3 Å². The summed E-state index contributed by atoms with van der Waals surface area (Å²) >= 11 is 4.78. The first-order chi connectivity index (χ1) is 9.62. The average molecular weight is 327 g/mol. The van der Waals surface area contributed by atoms with E-state index in [1.54, 1.807) is 0 Å². The molecule has 0 aromatic carbocycles. The van der Waals surface area contributed by atoms with Crippen LogP contribution in [0.2, 0.25) is 0 Å². The zero-order chi connectivity index (χ0) is 16.0. The number of nitrogen functional groups attached to an aromatic ring is 1. The molecule has 11 heteroatoms. The van der Waals surface area contributed by atoms with Crippen LogP contribution in [0, 0.1) is 4.77 Å². The predicted molar refractivity (Wildman–Crippen MR) is 65.5 cm³/mol. The Morgan fingerprint density at radius 1 is 1.52 bits per heavy atom. The Labute approximate surface area is 121 Å². The summed E-state index contributed by atoms with van der Waals surface area (Å²) in [7, 11) is 0. The maximum Gasteiger partial charge on any atom is 0.424 e. The van der Waals surface area contributed by atoms with E-state index in [9.17, 15) is 23.4 Å². The van der Waals surface area contributed by atoms with Crippen molar-refractivity contribution in [2.24, 2.45) is 0 Å². The van der Waals surface area contributed by atoms with Gasteiger partial charge < -0.3 is 25.8 Å². The van der Waals surface area contributed by atoms with Crippen molar-refractivity contribution in [3.63, 3.8) is 0 Å². The van der Waals surface area contributed by atoms with Gasteiger partial charge in [-0.3, -0.25) is 4.57 Å². The van der Waals surface area contributed by atoms with Crippen molar-refractivity contribution >= 4 is 18.0 Å². The maximum absolute atomic E-state index is 13.2. The number of alkyl halides is 3. The largest absolute Gasteiger partial charge is 0.424 e. The van der Waals surface area contributed by atoms with Crippen LogP contribution in [0.25, 0.3) is 0 Å². The normalized spacial score (nSPS) is 33.3. The Morgan fingerprint density at radius 3 is 2.62 bits per heavy atom. The zero-order valence-corrected chi connectivity index (χ0v) is 11.2. The fraction of sp³-hybridized carbons (Fsp3) is 0.600. The maximum atomic E-state index is 13.2. The highest BCUT2D eigenvalue weighted by molar-refractivity contribution is 7.71. The molecule has 1 saturated heterocycles. The number of hydrogen-bond acceptors (Lipinski definition) is 7. The molecule has 4 atom stereocenters. The second-order valence-corrected chi connectivity index (χ2v) is 4.88. The van der Waals surface area contributed by atoms with Crippen molar-refractivity contribution in [3.8, 4) is 0 Å². The average Bonchev–Trinajstić information content (AvgIpc) is 2.63. The first-order valence-corrected chi connectivity index (χ1v) is 6.12. The van der Waals surface area contributed by atoms with E-state index in [0.717, 1.165) is 16.8 Å². The van der Waals surface area contributed by atoms with Crippen LogP contribution in [0.5, 0.6) is 0 Å². The van der Waals surface area contributed by atoms with Crippen LogP contribution < -0.4 is 5.73 Å². The molecular weight excluding hydrogens is 315 g/mol. The molecular formula is C10H12F3N3O4S. The third kappa shape index (κ3) is 2.40. The Kier molecular flexibility index (Phi) is 3.97. The van der Waals surface area contributed by atoms with Crippen LogP contribution in [0.3, 0.4) is 0 Å². The lowest BCUT2D eigenvalue weighted by Gasteiger charge is -2.33. The van der Waals surface area contributed by atoms with Crippen molar-refractivity contribution in [1.29, 1.82) is 0 Å². The molecule has 1 aliphatic heterocycles. The summed E-state index contributed by atoms with van der Waals surface area (Å²) in [5.74, 6) is -0.0240. The van der Waals surface area contributed by atoms with Gasteiger partial charge in [0.2, 0.25) is 10.4 Å². The Bertz CT molecular complexity index is 596. The number of aliphatic hydroxyl groups excluding tert-OH is 2. The van der Waals surface area contributed by atoms with E-state index in [2.05, 4.69) is 4.98 Å². The number of nitrogens with zero attached hydrogens (tertiary/aromatic N) is 2. The standard InChI is InChI=1S/C10H12F3N3O4S/c11-10(12,13)9(19)6(18)4(3-17)20-7(9)16-2-1-5(14)15-8(16)21/h1-2,4,6-7,17-19H,3H2,(H2,14,15,21). The second kappa shape index (κ2) is 5.18. The van der Waals surface area contributed by atoms with Gasteiger partial charge in [0.1, 0.15) is 18.0 Å². The van der Waals surface area contributed by atoms with Crippen molar-refractivity contribution in [1.82, 2.24) is 9.55 Å². The van der Waals surface area contributed by atoms with Gasteiger partial charge in [-0.15, -0.1) is 0 Å². The number of rotatable bonds is 2. The third-order valence-corrected chi connectivity index (χ3v) is 3.52. The van der Waals surface area contributed by atoms with Gasteiger partial charge in [-0.1, -0.05) is 0 Å². The minimum Gasteiger partial charge on any atom is -0.394 e. The van der Waals surface area contributed by atoms with E-state index >= 15 is 0 Å². The molecule has 7 nitrogen and oxygen atoms in total. The Balaban J connectivity index is 2.57. The molecule has 0 saturated carbocycles. The smallest absolute Gasteiger partial charge is 0.394 e. The van der Waals surface area contributed by atoms with E-state index in [-0.39, 0.29) is 10.6 Å². The molecule has 2 heterocycles. The monoisotopic (exact) mass is 327 g/mol. The van der Waals surface area contributed by atoms with Gasteiger partial charge in [0.25, 0.3) is 0 Å². The van der Waals surface area contributed by atoms with Crippen LogP contribution in [-0.2, 0) is 4.74 Å². The minimum absolute atomic E-state index is 0.0240. The molecule has 0 spiro atoms. The number of ether oxygens (including phenoxy) is 1. The Morgan fingerprint density at radius 2 is 2.14 bits per heavy atom. The molecule has 4 unspecified atom stereocenters. The van der Waals surface area contributed by atoms with Crippen LogP contribution in [-0.4, -0.2) is 55.5 Å². The molecule has 118 valence electrons. The lowest BCUT2D eigenvalue weighted by Crippen LogP contribution is -2.57. The predicted octanol–water partition coefficient (Wildman–Crippen LogP) is -0.261. The summed E-state index contributed by atoms with van der Waals surface area (Å²) in [5.41, 5.74) is 1.71. The highest BCUT2D eigenvalue weighted by atomic mass is 32.1. The first-order valence-electron chi connectivity index (χ1n) is 5.71. The van der Waals surface area contributed by atoms with Crippen LogP contribution in [0.4, 0.5) is 19.0 Å². The molecule has 5 N–H and O–H groups in total. The first kappa shape index (κ1) is 16.1. The van der Waals surface area contributed by atoms with Crippen molar-refractivity contribution in [3.05, 3.63) is 17.0 Å². The molecule has 0 bridgehead atoms. The summed E-state index contributed by atoms with van der Waals surface area (Å²) in [5, 5.41) is 28.6. The van der Waals surface area contributed by atoms with E-state index < -0.39 is 36.8 Å². The van der Waals surface area contributed by atoms with Gasteiger partial charge in [-0.25, -0.2) is 4.98 Å². The lowest BCUT2D eigenvalue weighted by molar-refractivity contribution is -0.304. The number of nitrogens with two attached hydrogens (primary N) is 1. The highest BCUT2D eigenvalue weighted by Gasteiger charge is 2.70. The number of hydrogen-bond donors (Lipinski definition) is 4. The zero-order valence-electron chi connectivity index (χ0n) is 10.4. The van der Waals surface area contributed by atoms with Gasteiger partial charge in [0.15, 0.2) is 6.23 Å². The van der Waals surface area contributed by atoms with Gasteiger partial charge in [0.05, 0.1) is 6.61 Å². The topological polar surface area (TPSA) is 114 Å². The third-order valence-electron chi connectivity index (χ3n) is 3.22. The number of aliphatic hydroxyl groups is 3. The SMILES string of the molecule is Nc1ccn(C2OC(CO)C(O)C2(O)C(F)(F)F)c(=S)n1. The Hall–Kier alpha value is -1.27. The van der Waals surface area contributed by atoms with E-state index in [4.69, 9.17) is 27.8 Å². The molecule has 0 amide bonds. The van der Waals surface area contributed by atoms with Gasteiger partial charge in [-0.05, 0) is 18.3 Å². The number of anilines is 1. The fourth-order valence-corrected chi connectivity index (χ4v) is 2.37.